The Kier molecular flexibility index (Phi) is 10.5. The number of halogens is 3. The molecule has 6 nitrogen and oxygen atoms in total. The van der Waals surface area contributed by atoms with Gasteiger partial charge in [0.15, 0.2) is 14.4 Å². The minimum atomic E-state index is -4.46. The van der Waals surface area contributed by atoms with Gasteiger partial charge in [-0.3, -0.25) is 9.78 Å². The van der Waals surface area contributed by atoms with Gasteiger partial charge in [0.25, 0.3) is 0 Å². The summed E-state index contributed by atoms with van der Waals surface area (Å²) in [5.41, 5.74) is 2.35. The Morgan fingerprint density at radius 3 is 2.02 bits per heavy atom. The summed E-state index contributed by atoms with van der Waals surface area (Å²) in [4.78, 5) is 32.1. The SMILES string of the molecule is COC(=O)[C@H](CO[Si](C)(C)C(C)(C)C)N(Cc1ccc(-c2ccncc2)cc1)C(=O)/C=C/c1ccc(C(F)(F)F)cc1. The van der Waals surface area contributed by atoms with E-state index in [0.717, 1.165) is 28.8 Å². The maximum atomic E-state index is 13.6. The van der Waals surface area contributed by atoms with Gasteiger partial charge in [0.2, 0.25) is 5.91 Å². The highest BCUT2D eigenvalue weighted by molar-refractivity contribution is 6.74. The maximum absolute atomic E-state index is 13.6. The summed E-state index contributed by atoms with van der Waals surface area (Å²) in [6, 6.07) is 14.8. The highest BCUT2D eigenvalue weighted by Crippen LogP contribution is 2.37. The molecule has 42 heavy (non-hydrogen) atoms. The first-order valence-corrected chi connectivity index (χ1v) is 16.4. The number of ether oxygens (including phenoxy) is 1. The quantitative estimate of drug-likeness (QED) is 0.138. The zero-order chi connectivity index (χ0) is 31.1. The number of benzene rings is 2. The first-order chi connectivity index (χ1) is 19.6. The molecule has 1 amide bonds. The second kappa shape index (κ2) is 13.5. The van der Waals surface area contributed by atoms with Crippen LogP contribution in [0.2, 0.25) is 18.1 Å². The van der Waals surface area contributed by atoms with Crippen molar-refractivity contribution in [1.29, 1.82) is 0 Å². The second-order valence-corrected chi connectivity index (χ2v) is 16.3. The number of aromatic nitrogens is 1. The van der Waals surface area contributed by atoms with Crippen LogP contribution in [0, 0.1) is 0 Å². The summed E-state index contributed by atoms with van der Waals surface area (Å²) < 4.78 is 50.3. The summed E-state index contributed by atoms with van der Waals surface area (Å²) in [5.74, 6) is -1.14. The molecule has 0 saturated carbocycles. The Labute approximate surface area is 246 Å². The van der Waals surface area contributed by atoms with E-state index in [9.17, 15) is 22.8 Å². The average Bonchev–Trinajstić information content (AvgIpc) is 2.95. The molecule has 1 heterocycles. The number of nitrogens with zero attached hydrogens (tertiary/aromatic N) is 2. The molecule has 0 saturated heterocycles. The lowest BCUT2D eigenvalue weighted by Gasteiger charge is -2.38. The van der Waals surface area contributed by atoms with Gasteiger partial charge in [-0.15, -0.1) is 0 Å². The standard InChI is InChI=1S/C32H37F3N2O4Si/c1-31(2,3)42(5,6)41-22-28(30(39)40-4)37(21-24-7-12-25(13-8-24)26-17-19-36-20-18-26)29(38)16-11-23-9-14-27(15-10-23)32(33,34)35/h7-20,28H,21-22H2,1-6H3/b16-11+/t28-/m0/s1. The molecule has 0 aliphatic carbocycles. The first kappa shape index (κ1) is 32.7. The summed E-state index contributed by atoms with van der Waals surface area (Å²) in [6.45, 7) is 10.3. The number of alkyl halides is 3. The molecule has 3 aromatic rings. The van der Waals surface area contributed by atoms with E-state index in [4.69, 9.17) is 9.16 Å². The Bertz CT molecular complexity index is 1370. The third-order valence-electron chi connectivity index (χ3n) is 7.52. The largest absolute Gasteiger partial charge is 0.467 e. The molecule has 0 aliphatic heterocycles. The van der Waals surface area contributed by atoms with Gasteiger partial charge >= 0.3 is 12.1 Å². The number of carbonyl (C=O) groups excluding carboxylic acids is 2. The van der Waals surface area contributed by atoms with Crippen LogP contribution >= 0.6 is 0 Å². The van der Waals surface area contributed by atoms with Crippen molar-refractivity contribution in [2.75, 3.05) is 13.7 Å². The van der Waals surface area contributed by atoms with E-state index < -0.39 is 38.0 Å². The molecular weight excluding hydrogens is 561 g/mol. The second-order valence-electron chi connectivity index (χ2n) is 11.5. The van der Waals surface area contributed by atoms with E-state index in [1.165, 1.54) is 36.3 Å². The highest BCUT2D eigenvalue weighted by Gasteiger charge is 2.40. The Morgan fingerprint density at radius 1 is 0.929 bits per heavy atom. The molecule has 2 aromatic carbocycles. The fourth-order valence-electron chi connectivity index (χ4n) is 3.86. The molecule has 0 N–H and O–H groups in total. The lowest BCUT2D eigenvalue weighted by Crippen LogP contribution is -2.51. The summed E-state index contributed by atoms with van der Waals surface area (Å²) >= 11 is 0. The van der Waals surface area contributed by atoms with Crippen LogP contribution in [-0.2, 0) is 31.5 Å². The monoisotopic (exact) mass is 598 g/mol. The van der Waals surface area contributed by atoms with Gasteiger partial charge in [-0.1, -0.05) is 57.2 Å². The molecule has 0 radical (unpaired) electrons. The van der Waals surface area contributed by atoms with E-state index in [2.05, 4.69) is 38.8 Å². The average molecular weight is 599 g/mol. The normalized spacial score (nSPS) is 13.2. The van der Waals surface area contributed by atoms with E-state index in [-0.39, 0.29) is 18.2 Å². The molecule has 0 spiro atoms. The third-order valence-corrected chi connectivity index (χ3v) is 12.0. The number of amides is 1. The van der Waals surface area contributed by atoms with Crippen LogP contribution in [0.15, 0.2) is 79.1 Å². The van der Waals surface area contributed by atoms with Crippen LogP contribution in [0.4, 0.5) is 13.2 Å². The lowest BCUT2D eigenvalue weighted by molar-refractivity contribution is -0.153. The number of pyridine rings is 1. The van der Waals surface area contributed by atoms with Crippen molar-refractivity contribution in [3.63, 3.8) is 0 Å². The first-order valence-electron chi connectivity index (χ1n) is 13.5. The van der Waals surface area contributed by atoms with Crippen LogP contribution < -0.4 is 0 Å². The Morgan fingerprint density at radius 2 is 1.50 bits per heavy atom. The number of esters is 1. The van der Waals surface area contributed by atoms with E-state index >= 15 is 0 Å². The summed E-state index contributed by atoms with van der Waals surface area (Å²) in [6.07, 6.45) is 1.62. The van der Waals surface area contributed by atoms with Crippen LogP contribution in [0.25, 0.3) is 17.2 Å². The molecule has 0 aliphatic rings. The van der Waals surface area contributed by atoms with Gasteiger partial charge in [0.1, 0.15) is 0 Å². The highest BCUT2D eigenvalue weighted by atomic mass is 28.4. The van der Waals surface area contributed by atoms with Crippen LogP contribution in [-0.4, -0.2) is 49.8 Å². The molecule has 1 aromatic heterocycles. The van der Waals surface area contributed by atoms with Crippen molar-refractivity contribution in [3.8, 4) is 11.1 Å². The zero-order valence-corrected chi connectivity index (χ0v) is 25.7. The van der Waals surface area contributed by atoms with Crippen molar-refractivity contribution in [2.24, 2.45) is 0 Å². The molecule has 0 unspecified atom stereocenters. The van der Waals surface area contributed by atoms with E-state index in [1.54, 1.807) is 12.4 Å². The van der Waals surface area contributed by atoms with Crippen molar-refractivity contribution < 1.29 is 31.9 Å². The van der Waals surface area contributed by atoms with Gasteiger partial charge < -0.3 is 14.1 Å². The zero-order valence-electron chi connectivity index (χ0n) is 24.7. The minimum absolute atomic E-state index is 0.0574. The predicted molar refractivity (Wildman–Crippen MR) is 160 cm³/mol. The molecule has 224 valence electrons. The number of carbonyl (C=O) groups is 2. The Balaban J connectivity index is 1.93. The molecule has 0 fully saturated rings. The summed E-state index contributed by atoms with van der Waals surface area (Å²) in [7, 11) is -1.04. The van der Waals surface area contributed by atoms with Crippen LogP contribution in [0.5, 0.6) is 0 Å². The van der Waals surface area contributed by atoms with Crippen molar-refractivity contribution in [2.45, 2.75) is 57.7 Å². The number of rotatable bonds is 10. The molecular formula is C32H37F3N2O4Si. The third kappa shape index (κ3) is 8.62. The molecule has 3 rings (SSSR count). The van der Waals surface area contributed by atoms with Gasteiger partial charge in [-0.05, 0) is 70.7 Å². The van der Waals surface area contributed by atoms with Crippen LogP contribution in [0.3, 0.4) is 0 Å². The van der Waals surface area contributed by atoms with Crippen molar-refractivity contribution in [1.82, 2.24) is 9.88 Å². The van der Waals surface area contributed by atoms with E-state index in [1.807, 2.05) is 36.4 Å². The summed E-state index contributed by atoms with van der Waals surface area (Å²) in [5, 5.41) is -0.131. The van der Waals surface area contributed by atoms with Gasteiger partial charge in [0.05, 0.1) is 19.3 Å². The van der Waals surface area contributed by atoms with Gasteiger partial charge in [0, 0.05) is 25.0 Å². The number of hydrogen-bond donors (Lipinski definition) is 0. The van der Waals surface area contributed by atoms with Crippen molar-refractivity contribution >= 4 is 26.3 Å². The molecule has 1 atom stereocenters. The molecule has 0 bridgehead atoms. The Hall–Kier alpha value is -3.76. The fourth-order valence-corrected chi connectivity index (χ4v) is 4.86. The fraction of sp³-hybridized carbons (Fsp3) is 0.344. The van der Waals surface area contributed by atoms with Crippen molar-refractivity contribution in [3.05, 3.63) is 95.8 Å². The van der Waals surface area contributed by atoms with Gasteiger partial charge in [-0.2, -0.15) is 13.2 Å². The smallest absolute Gasteiger partial charge is 0.416 e. The topological polar surface area (TPSA) is 68.7 Å². The van der Waals surface area contributed by atoms with E-state index in [0.29, 0.717) is 5.56 Å². The lowest BCUT2D eigenvalue weighted by atomic mass is 10.0. The maximum Gasteiger partial charge on any atom is 0.416 e. The van der Waals surface area contributed by atoms with Crippen LogP contribution in [0.1, 0.15) is 37.5 Å². The van der Waals surface area contributed by atoms with Gasteiger partial charge in [-0.25, -0.2) is 4.79 Å². The number of methoxy groups -OCH3 is 1. The minimum Gasteiger partial charge on any atom is -0.467 e. The number of hydrogen-bond acceptors (Lipinski definition) is 5. The molecule has 10 heteroatoms. The predicted octanol–water partition coefficient (Wildman–Crippen LogP) is 7.37.